The number of aromatic nitrogens is 1. The fourth-order valence-corrected chi connectivity index (χ4v) is 2.65. The number of esters is 1. The Morgan fingerprint density at radius 2 is 2.12 bits per heavy atom. The minimum atomic E-state index is -0.543. The Hall–Kier alpha value is -3.26. The van der Waals surface area contributed by atoms with Crippen molar-refractivity contribution >= 4 is 29.1 Å². The number of hydrogen-bond acceptors (Lipinski definition) is 7. The number of carbonyl (C=O) groups excluding carboxylic acids is 1. The topological polar surface area (TPSA) is 95.5 Å². The molecule has 2 aromatic heterocycles. The van der Waals surface area contributed by atoms with Gasteiger partial charge in [0, 0.05) is 24.3 Å². The van der Waals surface area contributed by atoms with Gasteiger partial charge in [0.1, 0.15) is 12.3 Å². The van der Waals surface area contributed by atoms with E-state index in [9.17, 15) is 14.9 Å². The van der Waals surface area contributed by atoms with E-state index in [2.05, 4.69) is 5.16 Å². The molecule has 0 aliphatic rings. The number of hydrogen-bond donors (Lipinski definition) is 0. The van der Waals surface area contributed by atoms with Crippen molar-refractivity contribution in [1.29, 1.82) is 0 Å². The van der Waals surface area contributed by atoms with Gasteiger partial charge in [-0.05, 0) is 35.2 Å². The summed E-state index contributed by atoms with van der Waals surface area (Å²) >= 11 is 1.53. The minimum absolute atomic E-state index is 0.00168. The van der Waals surface area contributed by atoms with Gasteiger partial charge in [0.15, 0.2) is 5.76 Å². The summed E-state index contributed by atoms with van der Waals surface area (Å²) in [5.74, 6) is 0.0847. The van der Waals surface area contributed by atoms with Crippen LogP contribution in [0, 0.1) is 10.1 Å². The van der Waals surface area contributed by atoms with Crippen LogP contribution in [0.1, 0.15) is 11.3 Å². The van der Waals surface area contributed by atoms with E-state index >= 15 is 0 Å². The van der Waals surface area contributed by atoms with Crippen LogP contribution >= 0.6 is 11.3 Å². The van der Waals surface area contributed by atoms with Crippen molar-refractivity contribution in [2.75, 3.05) is 0 Å². The van der Waals surface area contributed by atoms with Gasteiger partial charge in [-0.1, -0.05) is 11.2 Å². The predicted molar refractivity (Wildman–Crippen MR) is 91.7 cm³/mol. The Morgan fingerprint density at radius 3 is 2.80 bits per heavy atom. The van der Waals surface area contributed by atoms with E-state index in [0.717, 1.165) is 4.88 Å². The van der Waals surface area contributed by atoms with E-state index in [1.54, 1.807) is 18.2 Å². The number of non-ortho nitro benzene ring substituents is 1. The molecule has 1 aromatic carbocycles. The number of benzene rings is 1. The molecule has 0 amide bonds. The third kappa shape index (κ3) is 4.39. The Morgan fingerprint density at radius 1 is 1.32 bits per heavy atom. The molecule has 126 valence electrons. The lowest BCUT2D eigenvalue weighted by molar-refractivity contribution is -0.384. The van der Waals surface area contributed by atoms with Gasteiger partial charge in [0.25, 0.3) is 5.69 Å². The smallest absolute Gasteiger partial charge is 0.331 e. The lowest BCUT2D eigenvalue weighted by Crippen LogP contribution is -2.00. The predicted octanol–water partition coefficient (Wildman–Crippen LogP) is 4.07. The van der Waals surface area contributed by atoms with E-state index < -0.39 is 10.9 Å². The third-order valence-corrected chi connectivity index (χ3v) is 4.09. The summed E-state index contributed by atoms with van der Waals surface area (Å²) < 4.78 is 10.3. The number of carbonyl (C=O) groups is 1. The lowest BCUT2D eigenvalue weighted by Gasteiger charge is -1.97. The Kier molecular flexibility index (Phi) is 5.00. The van der Waals surface area contributed by atoms with Crippen LogP contribution in [-0.4, -0.2) is 16.0 Å². The monoisotopic (exact) mass is 356 g/mol. The molecule has 0 spiro atoms. The molecule has 0 saturated heterocycles. The fraction of sp³-hybridized carbons (Fsp3) is 0.0588. The Balaban J connectivity index is 1.53. The first-order valence-electron chi connectivity index (χ1n) is 7.20. The van der Waals surface area contributed by atoms with E-state index in [-0.39, 0.29) is 12.3 Å². The molecule has 25 heavy (non-hydrogen) atoms. The first kappa shape index (κ1) is 16.6. The molecule has 0 N–H and O–H groups in total. The van der Waals surface area contributed by atoms with Crippen molar-refractivity contribution in [2.24, 2.45) is 0 Å². The van der Waals surface area contributed by atoms with Crippen LogP contribution in [0.5, 0.6) is 0 Å². The average molecular weight is 356 g/mol. The maximum atomic E-state index is 11.7. The number of nitro benzene ring substituents is 1. The highest BCUT2D eigenvalue weighted by atomic mass is 32.1. The minimum Gasteiger partial charge on any atom is -0.456 e. The van der Waals surface area contributed by atoms with Crippen molar-refractivity contribution in [3.8, 4) is 10.6 Å². The van der Waals surface area contributed by atoms with Gasteiger partial charge in [-0.3, -0.25) is 10.1 Å². The van der Waals surface area contributed by atoms with E-state index in [4.69, 9.17) is 9.26 Å². The summed E-state index contributed by atoms with van der Waals surface area (Å²) in [5.41, 5.74) is 1.16. The highest BCUT2D eigenvalue weighted by Gasteiger charge is 2.09. The zero-order valence-corrected chi connectivity index (χ0v) is 13.6. The molecule has 0 unspecified atom stereocenters. The molecule has 2 heterocycles. The zero-order valence-electron chi connectivity index (χ0n) is 12.8. The molecule has 0 bridgehead atoms. The maximum Gasteiger partial charge on any atom is 0.331 e. The highest BCUT2D eigenvalue weighted by Crippen LogP contribution is 2.25. The van der Waals surface area contributed by atoms with Crippen LogP contribution < -0.4 is 0 Å². The molecular formula is C17H12N2O5S. The second-order valence-electron chi connectivity index (χ2n) is 4.95. The van der Waals surface area contributed by atoms with Gasteiger partial charge in [0.2, 0.25) is 0 Å². The summed E-state index contributed by atoms with van der Waals surface area (Å²) in [5, 5.41) is 16.4. The molecule has 8 heteroatoms. The first-order chi connectivity index (χ1) is 12.1. The second-order valence-corrected chi connectivity index (χ2v) is 5.90. The average Bonchev–Trinajstić information content (AvgIpc) is 3.29. The summed E-state index contributed by atoms with van der Waals surface area (Å²) in [4.78, 5) is 22.8. The van der Waals surface area contributed by atoms with Crippen molar-refractivity contribution in [2.45, 2.75) is 6.61 Å². The molecular weight excluding hydrogens is 344 g/mol. The number of rotatable bonds is 6. The summed E-state index contributed by atoms with van der Waals surface area (Å²) in [6.07, 6.45) is 2.77. The standard InChI is InChI=1S/C17H12N2O5S/c20-17(8-5-12-3-6-14(7-4-12)19(21)22)23-11-13-10-15(24-18-13)16-2-1-9-25-16/h1-10H,11H2/b8-5-. The second kappa shape index (κ2) is 7.54. The molecule has 3 rings (SSSR count). The molecule has 7 nitrogen and oxygen atoms in total. The zero-order chi connectivity index (χ0) is 17.6. The summed E-state index contributed by atoms with van der Waals surface area (Å²) in [6, 6.07) is 11.4. The number of ether oxygens (including phenoxy) is 1. The van der Waals surface area contributed by atoms with Gasteiger partial charge in [-0.25, -0.2) is 4.79 Å². The highest BCUT2D eigenvalue weighted by molar-refractivity contribution is 7.13. The molecule has 0 aliphatic heterocycles. The number of thiophene rings is 1. The van der Waals surface area contributed by atoms with Gasteiger partial charge < -0.3 is 9.26 Å². The summed E-state index contributed by atoms with van der Waals surface area (Å²) in [7, 11) is 0. The lowest BCUT2D eigenvalue weighted by atomic mass is 10.2. The van der Waals surface area contributed by atoms with Gasteiger partial charge >= 0.3 is 5.97 Å². The van der Waals surface area contributed by atoms with Crippen LogP contribution in [-0.2, 0) is 16.1 Å². The van der Waals surface area contributed by atoms with Crippen LogP contribution in [0.4, 0.5) is 5.69 Å². The molecule has 0 saturated carbocycles. The van der Waals surface area contributed by atoms with E-state index in [1.165, 1.54) is 35.6 Å². The first-order valence-corrected chi connectivity index (χ1v) is 8.08. The molecule has 0 atom stereocenters. The van der Waals surface area contributed by atoms with Gasteiger partial charge in [-0.15, -0.1) is 11.3 Å². The van der Waals surface area contributed by atoms with E-state index in [1.807, 2.05) is 17.5 Å². The molecule has 0 aliphatic carbocycles. The summed E-state index contributed by atoms with van der Waals surface area (Å²) in [6.45, 7) is -0.00168. The van der Waals surface area contributed by atoms with Crippen molar-refractivity contribution in [3.63, 3.8) is 0 Å². The van der Waals surface area contributed by atoms with Crippen molar-refractivity contribution in [1.82, 2.24) is 5.16 Å². The maximum absolute atomic E-state index is 11.7. The van der Waals surface area contributed by atoms with Crippen LogP contribution in [0.25, 0.3) is 16.7 Å². The van der Waals surface area contributed by atoms with Gasteiger partial charge in [-0.2, -0.15) is 0 Å². The normalized spacial score (nSPS) is 10.9. The molecule has 0 radical (unpaired) electrons. The van der Waals surface area contributed by atoms with Crippen LogP contribution in [0.3, 0.4) is 0 Å². The van der Waals surface area contributed by atoms with Crippen LogP contribution in [0.15, 0.2) is 58.4 Å². The fourth-order valence-electron chi connectivity index (χ4n) is 1.98. The van der Waals surface area contributed by atoms with Gasteiger partial charge in [0.05, 0.1) is 9.80 Å². The van der Waals surface area contributed by atoms with Crippen molar-refractivity contribution < 1.29 is 19.0 Å². The Bertz CT molecular complexity index is 898. The number of nitrogens with zero attached hydrogens (tertiary/aromatic N) is 2. The van der Waals surface area contributed by atoms with Crippen molar-refractivity contribution in [3.05, 3.63) is 75.3 Å². The van der Waals surface area contributed by atoms with Crippen LogP contribution in [0.2, 0.25) is 0 Å². The molecule has 3 aromatic rings. The number of nitro groups is 1. The third-order valence-electron chi connectivity index (χ3n) is 3.20. The SMILES string of the molecule is O=C(/C=C\c1ccc([N+](=O)[O-])cc1)OCc1cc(-c2cccs2)on1. The largest absolute Gasteiger partial charge is 0.456 e. The quantitative estimate of drug-likeness (QED) is 0.286. The Labute approximate surface area is 146 Å². The molecule has 0 fully saturated rings. The van der Waals surface area contributed by atoms with E-state index in [0.29, 0.717) is 17.0 Å².